The van der Waals surface area contributed by atoms with Crippen LogP contribution < -0.4 is 10.1 Å². The van der Waals surface area contributed by atoms with Crippen LogP contribution in [0.2, 0.25) is 0 Å². The molecule has 3 rings (SSSR count). The highest BCUT2D eigenvalue weighted by Crippen LogP contribution is 2.27. The van der Waals surface area contributed by atoms with Gasteiger partial charge in [0.2, 0.25) is 0 Å². The second-order valence-electron chi connectivity index (χ2n) is 5.76. The fourth-order valence-corrected chi connectivity index (χ4v) is 3.30. The van der Waals surface area contributed by atoms with E-state index < -0.39 is 0 Å². The number of carbonyl (C=O) groups excluding carboxylic acids is 1. The van der Waals surface area contributed by atoms with Crippen LogP contribution in [0.5, 0.6) is 5.75 Å². The maximum Gasteiger partial charge on any atom is 0.264 e. The quantitative estimate of drug-likeness (QED) is 0.744. The highest BCUT2D eigenvalue weighted by Gasteiger charge is 2.09. The lowest BCUT2D eigenvalue weighted by Crippen LogP contribution is -2.20. The van der Waals surface area contributed by atoms with Gasteiger partial charge >= 0.3 is 0 Å². The van der Waals surface area contributed by atoms with E-state index in [-0.39, 0.29) is 12.5 Å². The number of aromatic nitrogens is 1. The average Bonchev–Trinajstić information content (AvgIpc) is 2.97. The molecule has 0 radical (unpaired) electrons. The van der Waals surface area contributed by atoms with Crippen molar-refractivity contribution in [3.63, 3.8) is 0 Å². The zero-order valence-corrected chi connectivity index (χ0v) is 14.9. The lowest BCUT2D eigenvalue weighted by Gasteiger charge is -2.07. The van der Waals surface area contributed by atoms with E-state index in [0.717, 1.165) is 22.2 Å². The maximum absolute atomic E-state index is 12.1. The van der Waals surface area contributed by atoms with Crippen molar-refractivity contribution in [2.45, 2.75) is 27.2 Å². The Kier molecular flexibility index (Phi) is 4.81. The van der Waals surface area contributed by atoms with Gasteiger partial charge in [-0.25, -0.2) is 4.98 Å². The van der Waals surface area contributed by atoms with Crippen molar-refractivity contribution in [1.29, 1.82) is 0 Å². The molecule has 0 unspecified atom stereocenters. The van der Waals surface area contributed by atoms with Gasteiger partial charge in [-0.05, 0) is 61.2 Å². The Morgan fingerprint density at radius 1 is 1.17 bits per heavy atom. The van der Waals surface area contributed by atoms with Crippen LogP contribution in [-0.2, 0) is 11.2 Å². The molecule has 24 heavy (non-hydrogen) atoms. The fourth-order valence-electron chi connectivity index (χ4n) is 2.35. The normalized spacial score (nSPS) is 10.8. The summed E-state index contributed by atoms with van der Waals surface area (Å²) in [6.07, 6.45) is 0.985. The Hall–Kier alpha value is -2.40. The highest BCUT2D eigenvalue weighted by molar-refractivity contribution is 7.22. The van der Waals surface area contributed by atoms with E-state index in [2.05, 4.69) is 29.4 Å². The molecule has 0 aliphatic heterocycles. The smallest absolute Gasteiger partial charge is 0.264 e. The Labute approximate surface area is 145 Å². The molecular formula is C19H20N2O2S. The summed E-state index contributed by atoms with van der Waals surface area (Å²) in [5, 5.41) is 3.41. The van der Waals surface area contributed by atoms with Crippen molar-refractivity contribution in [3.8, 4) is 5.75 Å². The molecule has 0 aliphatic rings. The standard InChI is InChI=1S/C19H20N2O2S/c1-4-14-6-8-16-17(10-14)24-19(20-16)21-18(22)11-23-15-7-5-12(2)13(3)9-15/h5-10H,4,11H2,1-3H3,(H,20,21,22). The van der Waals surface area contributed by atoms with E-state index in [1.807, 2.05) is 38.1 Å². The van der Waals surface area contributed by atoms with E-state index in [1.54, 1.807) is 0 Å². The van der Waals surface area contributed by atoms with Crippen LogP contribution >= 0.6 is 11.3 Å². The number of benzene rings is 2. The number of nitrogens with zero attached hydrogens (tertiary/aromatic N) is 1. The molecule has 0 fully saturated rings. The van der Waals surface area contributed by atoms with Crippen molar-refractivity contribution in [1.82, 2.24) is 4.98 Å². The van der Waals surface area contributed by atoms with Gasteiger partial charge in [0.25, 0.3) is 5.91 Å². The molecule has 1 heterocycles. The molecule has 0 atom stereocenters. The first kappa shape index (κ1) is 16.5. The summed E-state index contributed by atoms with van der Waals surface area (Å²) in [4.78, 5) is 16.5. The summed E-state index contributed by atoms with van der Waals surface area (Å²) in [6.45, 7) is 6.16. The molecule has 0 saturated heterocycles. The van der Waals surface area contributed by atoms with Gasteiger partial charge in [-0.15, -0.1) is 0 Å². The van der Waals surface area contributed by atoms with E-state index in [9.17, 15) is 4.79 Å². The topological polar surface area (TPSA) is 51.2 Å². The van der Waals surface area contributed by atoms with Crippen LogP contribution in [0, 0.1) is 13.8 Å². The molecule has 0 saturated carbocycles. The number of rotatable bonds is 5. The van der Waals surface area contributed by atoms with Crippen molar-refractivity contribution >= 4 is 32.6 Å². The zero-order valence-electron chi connectivity index (χ0n) is 14.1. The first-order valence-corrected chi connectivity index (χ1v) is 8.76. The number of anilines is 1. The minimum absolute atomic E-state index is 0.0291. The van der Waals surface area contributed by atoms with Crippen molar-refractivity contribution in [2.75, 3.05) is 11.9 Å². The monoisotopic (exact) mass is 340 g/mol. The van der Waals surface area contributed by atoms with Gasteiger partial charge in [-0.3, -0.25) is 10.1 Å². The van der Waals surface area contributed by atoms with E-state index in [0.29, 0.717) is 10.9 Å². The largest absolute Gasteiger partial charge is 0.484 e. The number of ether oxygens (including phenoxy) is 1. The number of amides is 1. The van der Waals surface area contributed by atoms with Crippen molar-refractivity contribution in [2.24, 2.45) is 0 Å². The lowest BCUT2D eigenvalue weighted by molar-refractivity contribution is -0.118. The number of nitrogens with one attached hydrogen (secondary N) is 1. The predicted octanol–water partition coefficient (Wildman–Crippen LogP) is 4.49. The number of aryl methyl sites for hydroxylation is 3. The molecule has 2 aromatic carbocycles. The predicted molar refractivity (Wildman–Crippen MR) is 99.0 cm³/mol. The second-order valence-corrected chi connectivity index (χ2v) is 6.79. The minimum atomic E-state index is -0.206. The fraction of sp³-hybridized carbons (Fsp3) is 0.263. The van der Waals surface area contributed by atoms with Gasteiger partial charge in [0, 0.05) is 0 Å². The second kappa shape index (κ2) is 7.01. The number of thiazole rings is 1. The summed E-state index contributed by atoms with van der Waals surface area (Å²) in [7, 11) is 0. The third kappa shape index (κ3) is 3.74. The van der Waals surface area contributed by atoms with Crippen molar-refractivity contribution < 1.29 is 9.53 Å². The molecule has 0 aliphatic carbocycles. The summed E-state index contributed by atoms with van der Waals surface area (Å²) in [5.74, 6) is 0.494. The summed E-state index contributed by atoms with van der Waals surface area (Å²) in [6, 6.07) is 12.0. The molecular weight excluding hydrogens is 320 g/mol. The number of hydrogen-bond donors (Lipinski definition) is 1. The van der Waals surface area contributed by atoms with E-state index >= 15 is 0 Å². The summed E-state index contributed by atoms with van der Waals surface area (Å²) >= 11 is 1.48. The Morgan fingerprint density at radius 3 is 2.75 bits per heavy atom. The van der Waals surface area contributed by atoms with Gasteiger partial charge in [0.15, 0.2) is 11.7 Å². The van der Waals surface area contributed by atoms with Gasteiger partial charge < -0.3 is 4.74 Å². The van der Waals surface area contributed by atoms with Gasteiger partial charge in [-0.2, -0.15) is 0 Å². The molecule has 1 aromatic heterocycles. The lowest BCUT2D eigenvalue weighted by atomic mass is 10.1. The molecule has 0 spiro atoms. The molecule has 3 aromatic rings. The molecule has 5 heteroatoms. The van der Waals surface area contributed by atoms with Crippen molar-refractivity contribution in [3.05, 3.63) is 53.1 Å². The third-order valence-corrected chi connectivity index (χ3v) is 4.89. The number of hydrogen-bond acceptors (Lipinski definition) is 4. The SMILES string of the molecule is CCc1ccc2nc(NC(=O)COc3ccc(C)c(C)c3)sc2c1. The van der Waals surface area contributed by atoms with Crippen LogP contribution in [0.3, 0.4) is 0 Å². The first-order chi connectivity index (χ1) is 11.5. The molecule has 1 amide bonds. The first-order valence-electron chi connectivity index (χ1n) is 7.94. The summed E-state index contributed by atoms with van der Waals surface area (Å²) < 4.78 is 6.63. The van der Waals surface area contributed by atoms with Crippen LogP contribution in [-0.4, -0.2) is 17.5 Å². The number of carbonyl (C=O) groups is 1. The number of fused-ring (bicyclic) bond motifs is 1. The Balaban J connectivity index is 1.63. The Bertz CT molecular complexity index is 886. The van der Waals surface area contributed by atoms with Crippen LogP contribution in [0.25, 0.3) is 10.2 Å². The zero-order chi connectivity index (χ0) is 17.1. The average molecular weight is 340 g/mol. The van der Waals surface area contributed by atoms with E-state index in [1.165, 1.54) is 22.5 Å². The maximum atomic E-state index is 12.1. The van der Waals surface area contributed by atoms with Gasteiger partial charge in [-0.1, -0.05) is 30.4 Å². The van der Waals surface area contributed by atoms with Gasteiger partial charge in [0.05, 0.1) is 10.2 Å². The van der Waals surface area contributed by atoms with Crippen LogP contribution in [0.4, 0.5) is 5.13 Å². The van der Waals surface area contributed by atoms with Crippen LogP contribution in [0.1, 0.15) is 23.6 Å². The minimum Gasteiger partial charge on any atom is -0.484 e. The highest BCUT2D eigenvalue weighted by atomic mass is 32.1. The van der Waals surface area contributed by atoms with Crippen LogP contribution in [0.15, 0.2) is 36.4 Å². The molecule has 1 N–H and O–H groups in total. The third-order valence-electron chi connectivity index (χ3n) is 3.96. The summed E-state index contributed by atoms with van der Waals surface area (Å²) in [5.41, 5.74) is 4.52. The molecule has 124 valence electrons. The molecule has 0 bridgehead atoms. The molecule has 4 nitrogen and oxygen atoms in total. The van der Waals surface area contributed by atoms with E-state index in [4.69, 9.17) is 4.74 Å². The Morgan fingerprint density at radius 2 is 2.00 bits per heavy atom. The van der Waals surface area contributed by atoms with Gasteiger partial charge in [0.1, 0.15) is 5.75 Å².